The summed E-state index contributed by atoms with van der Waals surface area (Å²) in [4.78, 5) is 4.24. The van der Waals surface area contributed by atoms with Gasteiger partial charge in [-0.05, 0) is 49.9 Å². The van der Waals surface area contributed by atoms with Gasteiger partial charge in [0, 0.05) is 6.20 Å². The largest absolute Gasteiger partial charge is 0.492 e. The summed E-state index contributed by atoms with van der Waals surface area (Å²) in [5.41, 5.74) is 1.26. The van der Waals surface area contributed by atoms with Gasteiger partial charge in [0.05, 0.1) is 12.8 Å². The molecule has 3 nitrogen and oxygen atoms in total. The molecule has 0 saturated carbocycles. The molecule has 0 bridgehead atoms. The van der Waals surface area contributed by atoms with Crippen molar-refractivity contribution in [2.45, 2.75) is 40.0 Å². The first-order valence-electron chi connectivity index (χ1n) is 6.92. The number of nitrogens with one attached hydrogen (secondary N) is 1. The molecular weight excluding hydrogens is 224 g/mol. The van der Waals surface area contributed by atoms with E-state index in [1.54, 1.807) is 6.20 Å². The lowest BCUT2D eigenvalue weighted by Gasteiger charge is -2.14. The van der Waals surface area contributed by atoms with Crippen molar-refractivity contribution in [1.82, 2.24) is 10.3 Å². The van der Waals surface area contributed by atoms with E-state index in [1.165, 1.54) is 5.56 Å². The Labute approximate surface area is 111 Å². The molecule has 0 aliphatic heterocycles. The molecule has 1 aromatic heterocycles. The Balaban J connectivity index is 2.40. The molecule has 0 spiro atoms. The highest BCUT2D eigenvalue weighted by Gasteiger charge is 2.07. The van der Waals surface area contributed by atoms with Crippen molar-refractivity contribution in [3.8, 4) is 5.75 Å². The zero-order valence-electron chi connectivity index (χ0n) is 12.1. The van der Waals surface area contributed by atoms with Gasteiger partial charge in [-0.15, -0.1) is 0 Å². The minimum absolute atomic E-state index is 0.512. The summed E-state index contributed by atoms with van der Waals surface area (Å²) in [7, 11) is 0. The third-order valence-corrected chi connectivity index (χ3v) is 2.92. The number of pyridine rings is 1. The number of hydrogen-bond acceptors (Lipinski definition) is 3. The van der Waals surface area contributed by atoms with E-state index in [9.17, 15) is 0 Å². The van der Waals surface area contributed by atoms with Gasteiger partial charge < -0.3 is 10.1 Å². The van der Waals surface area contributed by atoms with Gasteiger partial charge in [-0.3, -0.25) is 4.98 Å². The van der Waals surface area contributed by atoms with Crippen molar-refractivity contribution in [3.05, 3.63) is 24.0 Å². The molecule has 18 heavy (non-hydrogen) atoms. The van der Waals surface area contributed by atoms with Crippen LogP contribution in [-0.4, -0.2) is 24.7 Å². The van der Waals surface area contributed by atoms with E-state index in [0.717, 1.165) is 25.3 Å². The molecule has 0 radical (unpaired) electrons. The molecule has 0 saturated heterocycles. The summed E-state index contributed by atoms with van der Waals surface area (Å²) >= 11 is 0. The van der Waals surface area contributed by atoms with Gasteiger partial charge >= 0.3 is 0 Å². The zero-order chi connectivity index (χ0) is 13.4. The molecule has 1 aromatic rings. The minimum Gasteiger partial charge on any atom is -0.492 e. The van der Waals surface area contributed by atoms with Crippen LogP contribution in [0.1, 0.15) is 45.6 Å². The van der Waals surface area contributed by atoms with Crippen LogP contribution in [0.15, 0.2) is 18.5 Å². The van der Waals surface area contributed by atoms with Crippen LogP contribution in [0.4, 0.5) is 0 Å². The second kappa shape index (κ2) is 8.09. The van der Waals surface area contributed by atoms with E-state index in [4.69, 9.17) is 4.74 Å². The van der Waals surface area contributed by atoms with Gasteiger partial charge in [-0.1, -0.05) is 20.8 Å². The summed E-state index contributed by atoms with van der Waals surface area (Å²) in [6, 6.07) is 2.10. The predicted molar refractivity (Wildman–Crippen MR) is 76.1 cm³/mol. The third kappa shape index (κ3) is 5.50. The Morgan fingerprint density at radius 1 is 1.28 bits per heavy atom. The van der Waals surface area contributed by atoms with Crippen LogP contribution in [-0.2, 0) is 0 Å². The molecule has 1 heterocycles. The van der Waals surface area contributed by atoms with E-state index >= 15 is 0 Å². The van der Waals surface area contributed by atoms with Gasteiger partial charge in [-0.25, -0.2) is 0 Å². The molecular formula is C15H26N2O. The zero-order valence-corrected chi connectivity index (χ0v) is 12.1. The van der Waals surface area contributed by atoms with Crippen LogP contribution in [0.5, 0.6) is 5.75 Å². The average Bonchev–Trinajstić information content (AvgIpc) is 2.35. The van der Waals surface area contributed by atoms with Crippen LogP contribution in [0, 0.1) is 5.92 Å². The Bertz CT molecular complexity index is 339. The maximum Gasteiger partial charge on any atom is 0.137 e. The van der Waals surface area contributed by atoms with Crippen molar-refractivity contribution in [1.29, 1.82) is 0 Å². The Hall–Kier alpha value is -1.09. The SMILES string of the molecule is CCOc1cncc(C(C)CCNCC(C)C)c1. The fourth-order valence-electron chi connectivity index (χ4n) is 1.83. The molecule has 0 amide bonds. The molecule has 1 rings (SSSR count). The molecule has 1 atom stereocenters. The maximum atomic E-state index is 5.48. The monoisotopic (exact) mass is 250 g/mol. The van der Waals surface area contributed by atoms with Crippen LogP contribution in [0.25, 0.3) is 0 Å². The second-order valence-corrected chi connectivity index (χ2v) is 5.17. The fourth-order valence-corrected chi connectivity index (χ4v) is 1.83. The molecule has 0 aliphatic carbocycles. The van der Waals surface area contributed by atoms with Crippen LogP contribution in [0.3, 0.4) is 0 Å². The Morgan fingerprint density at radius 2 is 2.06 bits per heavy atom. The van der Waals surface area contributed by atoms with Crippen LogP contribution < -0.4 is 10.1 Å². The summed E-state index contributed by atoms with van der Waals surface area (Å²) in [5, 5.41) is 3.47. The third-order valence-electron chi connectivity index (χ3n) is 2.92. The van der Waals surface area contributed by atoms with Crippen molar-refractivity contribution in [3.63, 3.8) is 0 Å². The molecule has 102 valence electrons. The van der Waals surface area contributed by atoms with Gasteiger partial charge in [0.15, 0.2) is 0 Å². The number of aromatic nitrogens is 1. The summed E-state index contributed by atoms with van der Waals surface area (Å²) in [5.74, 6) is 2.10. The van der Waals surface area contributed by atoms with Crippen LogP contribution in [0.2, 0.25) is 0 Å². The lowest BCUT2D eigenvalue weighted by atomic mass is 9.99. The second-order valence-electron chi connectivity index (χ2n) is 5.17. The highest BCUT2D eigenvalue weighted by molar-refractivity contribution is 5.25. The number of hydrogen-bond donors (Lipinski definition) is 1. The fraction of sp³-hybridized carbons (Fsp3) is 0.667. The average molecular weight is 250 g/mol. The number of rotatable bonds is 8. The van der Waals surface area contributed by atoms with Crippen molar-refractivity contribution in [2.75, 3.05) is 19.7 Å². The molecule has 0 aromatic carbocycles. The highest BCUT2D eigenvalue weighted by atomic mass is 16.5. The smallest absolute Gasteiger partial charge is 0.137 e. The predicted octanol–water partition coefficient (Wildman–Crippen LogP) is 3.22. The van der Waals surface area contributed by atoms with Crippen molar-refractivity contribution >= 4 is 0 Å². The van der Waals surface area contributed by atoms with E-state index < -0.39 is 0 Å². The first-order valence-corrected chi connectivity index (χ1v) is 6.92. The van der Waals surface area contributed by atoms with E-state index in [2.05, 4.69) is 37.1 Å². The molecule has 3 heteroatoms. The summed E-state index contributed by atoms with van der Waals surface area (Å²) in [6.07, 6.45) is 4.84. The van der Waals surface area contributed by atoms with Crippen molar-refractivity contribution in [2.24, 2.45) is 5.92 Å². The topological polar surface area (TPSA) is 34.1 Å². The summed E-state index contributed by atoms with van der Waals surface area (Å²) in [6.45, 7) is 11.5. The van der Waals surface area contributed by atoms with E-state index in [-0.39, 0.29) is 0 Å². The molecule has 1 unspecified atom stereocenters. The first kappa shape index (κ1) is 15.0. The highest BCUT2D eigenvalue weighted by Crippen LogP contribution is 2.21. The Kier molecular flexibility index (Phi) is 6.73. The Morgan fingerprint density at radius 3 is 2.72 bits per heavy atom. The molecule has 0 aliphatic rings. The van der Waals surface area contributed by atoms with E-state index in [1.807, 2.05) is 13.1 Å². The quantitative estimate of drug-likeness (QED) is 0.719. The van der Waals surface area contributed by atoms with Gasteiger partial charge in [0.25, 0.3) is 0 Å². The van der Waals surface area contributed by atoms with Crippen molar-refractivity contribution < 1.29 is 4.74 Å². The number of nitrogens with zero attached hydrogens (tertiary/aromatic N) is 1. The lowest BCUT2D eigenvalue weighted by molar-refractivity contribution is 0.338. The van der Waals surface area contributed by atoms with E-state index in [0.29, 0.717) is 18.4 Å². The maximum absolute atomic E-state index is 5.48. The van der Waals surface area contributed by atoms with Gasteiger partial charge in [-0.2, -0.15) is 0 Å². The number of ether oxygens (including phenoxy) is 1. The van der Waals surface area contributed by atoms with Gasteiger partial charge in [0.2, 0.25) is 0 Å². The van der Waals surface area contributed by atoms with Gasteiger partial charge in [0.1, 0.15) is 5.75 Å². The minimum atomic E-state index is 0.512. The molecule has 1 N–H and O–H groups in total. The summed E-state index contributed by atoms with van der Waals surface area (Å²) < 4.78 is 5.48. The normalized spacial score (nSPS) is 12.7. The van der Waals surface area contributed by atoms with Crippen LogP contribution >= 0.6 is 0 Å². The lowest BCUT2D eigenvalue weighted by Crippen LogP contribution is -2.21. The standard InChI is InChI=1S/C15H26N2O/c1-5-18-15-8-14(10-17-11-15)13(4)6-7-16-9-12(2)3/h8,10-13,16H,5-7,9H2,1-4H3. The molecule has 0 fully saturated rings. The first-order chi connectivity index (χ1) is 8.63.